The maximum absolute atomic E-state index is 12.1. The van der Waals surface area contributed by atoms with Gasteiger partial charge < -0.3 is 15.5 Å². The molecule has 0 aliphatic carbocycles. The molecule has 5 heteroatoms. The van der Waals surface area contributed by atoms with Crippen LogP contribution in [0.15, 0.2) is 0 Å². The van der Waals surface area contributed by atoms with Crippen LogP contribution in [0.4, 0.5) is 0 Å². The van der Waals surface area contributed by atoms with E-state index in [2.05, 4.69) is 31.4 Å². The Morgan fingerprint density at radius 1 is 1.29 bits per heavy atom. The van der Waals surface area contributed by atoms with Crippen LogP contribution in [-0.2, 0) is 9.59 Å². The van der Waals surface area contributed by atoms with Crippen molar-refractivity contribution in [2.24, 2.45) is 11.8 Å². The quantitative estimate of drug-likeness (QED) is 0.779. The predicted octanol–water partition coefficient (Wildman–Crippen LogP) is 1.38. The van der Waals surface area contributed by atoms with Gasteiger partial charge in [-0.25, -0.2) is 0 Å². The van der Waals surface area contributed by atoms with Crippen LogP contribution in [0.1, 0.15) is 47.5 Å². The van der Waals surface area contributed by atoms with Crippen LogP contribution < -0.4 is 10.6 Å². The van der Waals surface area contributed by atoms with Crippen LogP contribution >= 0.6 is 0 Å². The first-order chi connectivity index (χ1) is 9.85. The van der Waals surface area contributed by atoms with Crippen molar-refractivity contribution in [2.75, 3.05) is 19.6 Å². The zero-order chi connectivity index (χ0) is 16.0. The molecule has 1 aliphatic heterocycles. The van der Waals surface area contributed by atoms with Crippen molar-refractivity contribution in [2.45, 2.75) is 59.5 Å². The molecule has 2 N–H and O–H groups in total. The molecule has 21 heavy (non-hydrogen) atoms. The number of carbonyl (C=O) groups excluding carboxylic acids is 2. The third-order valence-corrected chi connectivity index (χ3v) is 4.25. The van der Waals surface area contributed by atoms with Gasteiger partial charge in [0.15, 0.2) is 0 Å². The van der Waals surface area contributed by atoms with Crippen molar-refractivity contribution in [3.63, 3.8) is 0 Å². The van der Waals surface area contributed by atoms with Crippen LogP contribution in [0.3, 0.4) is 0 Å². The molecule has 0 aromatic carbocycles. The fourth-order valence-corrected chi connectivity index (χ4v) is 2.81. The number of hydrogen-bond acceptors (Lipinski definition) is 3. The minimum Gasteiger partial charge on any atom is -0.354 e. The summed E-state index contributed by atoms with van der Waals surface area (Å²) in [6.45, 7) is 12.2. The lowest BCUT2D eigenvalue weighted by Gasteiger charge is -2.39. The zero-order valence-corrected chi connectivity index (χ0v) is 14.1. The number of rotatable bonds is 6. The molecule has 1 heterocycles. The molecule has 0 radical (unpaired) electrons. The van der Waals surface area contributed by atoms with Crippen molar-refractivity contribution in [1.29, 1.82) is 0 Å². The van der Waals surface area contributed by atoms with E-state index >= 15 is 0 Å². The van der Waals surface area contributed by atoms with Gasteiger partial charge in [0.05, 0.1) is 6.04 Å². The number of nitrogens with zero attached hydrogens (tertiary/aromatic N) is 1. The maximum Gasteiger partial charge on any atom is 0.236 e. The van der Waals surface area contributed by atoms with Gasteiger partial charge in [0.2, 0.25) is 11.8 Å². The van der Waals surface area contributed by atoms with E-state index in [-0.39, 0.29) is 17.9 Å². The molecular weight excluding hydrogens is 266 g/mol. The second kappa shape index (κ2) is 8.37. The summed E-state index contributed by atoms with van der Waals surface area (Å²) in [4.78, 5) is 25.5. The number of likely N-dealkylation sites (tertiary alicyclic amines) is 1. The van der Waals surface area contributed by atoms with Gasteiger partial charge in [-0.05, 0) is 25.2 Å². The summed E-state index contributed by atoms with van der Waals surface area (Å²) in [5.41, 5.74) is 0. The van der Waals surface area contributed by atoms with Gasteiger partial charge in [-0.2, -0.15) is 0 Å². The molecule has 3 unspecified atom stereocenters. The summed E-state index contributed by atoms with van der Waals surface area (Å²) in [6.07, 6.45) is 1.93. The minimum atomic E-state index is -0.188. The second-order valence-electron chi connectivity index (χ2n) is 6.56. The Morgan fingerprint density at radius 2 is 1.95 bits per heavy atom. The normalized spacial score (nSPS) is 24.0. The molecule has 1 fully saturated rings. The Kier molecular flexibility index (Phi) is 7.15. The van der Waals surface area contributed by atoms with Crippen LogP contribution in [0.5, 0.6) is 0 Å². The molecular formula is C16H31N3O2. The molecule has 1 saturated heterocycles. The average molecular weight is 297 g/mol. The summed E-state index contributed by atoms with van der Waals surface area (Å²) in [6, 6.07) is 0.122. The van der Waals surface area contributed by atoms with E-state index in [1.807, 2.05) is 11.8 Å². The van der Waals surface area contributed by atoms with E-state index < -0.39 is 0 Å². The number of piperidine rings is 1. The van der Waals surface area contributed by atoms with E-state index in [0.717, 1.165) is 25.9 Å². The molecule has 0 spiro atoms. The van der Waals surface area contributed by atoms with Crippen molar-refractivity contribution < 1.29 is 9.59 Å². The smallest absolute Gasteiger partial charge is 0.236 e. The van der Waals surface area contributed by atoms with Crippen LogP contribution in [-0.4, -0.2) is 48.4 Å². The standard InChI is InChI=1S/C16H31N3O2/c1-6-14-10-19(13(5)20)8-7-15(14)18-12(4)16(21)17-9-11(2)3/h11-12,14-15,18H,6-10H2,1-5H3,(H,17,21). The number of amides is 2. The van der Waals surface area contributed by atoms with Crippen molar-refractivity contribution >= 4 is 11.8 Å². The first kappa shape index (κ1) is 18.0. The molecule has 5 nitrogen and oxygen atoms in total. The molecule has 3 atom stereocenters. The lowest BCUT2D eigenvalue weighted by molar-refractivity contribution is -0.131. The van der Waals surface area contributed by atoms with Crippen molar-refractivity contribution in [3.05, 3.63) is 0 Å². The van der Waals surface area contributed by atoms with Gasteiger partial charge >= 0.3 is 0 Å². The minimum absolute atomic E-state index is 0.0625. The van der Waals surface area contributed by atoms with E-state index in [9.17, 15) is 9.59 Å². The van der Waals surface area contributed by atoms with Crippen LogP contribution in [0.2, 0.25) is 0 Å². The Hall–Kier alpha value is -1.10. The maximum atomic E-state index is 12.1. The lowest BCUT2D eigenvalue weighted by atomic mass is 9.89. The van der Waals surface area contributed by atoms with E-state index in [1.54, 1.807) is 6.92 Å². The van der Waals surface area contributed by atoms with Gasteiger partial charge in [0.1, 0.15) is 0 Å². The summed E-state index contributed by atoms with van der Waals surface area (Å²) < 4.78 is 0. The summed E-state index contributed by atoms with van der Waals surface area (Å²) >= 11 is 0. The van der Waals surface area contributed by atoms with Gasteiger partial charge in [-0.15, -0.1) is 0 Å². The molecule has 0 aromatic heterocycles. The molecule has 1 rings (SSSR count). The van der Waals surface area contributed by atoms with Gasteiger partial charge in [-0.1, -0.05) is 27.2 Å². The first-order valence-corrected chi connectivity index (χ1v) is 8.14. The largest absolute Gasteiger partial charge is 0.354 e. The Balaban J connectivity index is 2.49. The molecule has 122 valence electrons. The van der Waals surface area contributed by atoms with E-state index in [1.165, 1.54) is 0 Å². The highest BCUT2D eigenvalue weighted by atomic mass is 16.2. The topological polar surface area (TPSA) is 61.4 Å². The third-order valence-electron chi connectivity index (χ3n) is 4.25. The Bertz CT molecular complexity index is 357. The van der Waals surface area contributed by atoms with E-state index in [4.69, 9.17) is 0 Å². The summed E-state index contributed by atoms with van der Waals surface area (Å²) in [5.74, 6) is 1.09. The summed E-state index contributed by atoms with van der Waals surface area (Å²) in [5, 5.41) is 6.42. The molecule has 0 aromatic rings. The molecule has 0 bridgehead atoms. The SMILES string of the molecule is CCC1CN(C(C)=O)CCC1NC(C)C(=O)NCC(C)C. The highest BCUT2D eigenvalue weighted by Gasteiger charge is 2.30. The zero-order valence-electron chi connectivity index (χ0n) is 14.1. The Labute approximate surface area is 128 Å². The lowest BCUT2D eigenvalue weighted by Crippen LogP contribution is -2.55. The third kappa shape index (κ3) is 5.65. The highest BCUT2D eigenvalue weighted by Crippen LogP contribution is 2.20. The predicted molar refractivity (Wildman–Crippen MR) is 84.9 cm³/mol. The van der Waals surface area contributed by atoms with Crippen LogP contribution in [0.25, 0.3) is 0 Å². The number of carbonyl (C=O) groups is 2. The van der Waals surface area contributed by atoms with Gasteiger partial charge in [0, 0.05) is 32.6 Å². The first-order valence-electron chi connectivity index (χ1n) is 8.14. The molecule has 2 amide bonds. The highest BCUT2D eigenvalue weighted by molar-refractivity contribution is 5.81. The average Bonchev–Trinajstić information content (AvgIpc) is 2.44. The van der Waals surface area contributed by atoms with Gasteiger partial charge in [0.25, 0.3) is 0 Å². The Morgan fingerprint density at radius 3 is 2.48 bits per heavy atom. The monoisotopic (exact) mass is 297 g/mol. The van der Waals surface area contributed by atoms with Crippen molar-refractivity contribution in [1.82, 2.24) is 15.5 Å². The molecule has 1 aliphatic rings. The second-order valence-corrected chi connectivity index (χ2v) is 6.56. The van der Waals surface area contributed by atoms with Crippen molar-refractivity contribution in [3.8, 4) is 0 Å². The fraction of sp³-hybridized carbons (Fsp3) is 0.875. The van der Waals surface area contributed by atoms with Gasteiger partial charge in [-0.3, -0.25) is 9.59 Å². The fourth-order valence-electron chi connectivity index (χ4n) is 2.81. The number of nitrogens with one attached hydrogen (secondary N) is 2. The molecule has 0 saturated carbocycles. The number of hydrogen-bond donors (Lipinski definition) is 2. The van der Waals surface area contributed by atoms with Crippen LogP contribution in [0, 0.1) is 11.8 Å². The summed E-state index contributed by atoms with van der Waals surface area (Å²) in [7, 11) is 0. The van der Waals surface area contributed by atoms with E-state index in [0.29, 0.717) is 24.4 Å².